The maximum Gasteiger partial charge on any atom is 0.302 e. The number of hydrogen-bond donors (Lipinski definition) is 1. The van der Waals surface area contributed by atoms with Gasteiger partial charge in [-0.15, -0.1) is 0 Å². The molecule has 0 saturated carbocycles. The van der Waals surface area contributed by atoms with Crippen molar-refractivity contribution in [1.82, 2.24) is 9.97 Å². The van der Waals surface area contributed by atoms with Gasteiger partial charge in [-0.2, -0.15) is 4.98 Å². The Hall–Kier alpha value is -4.18. The van der Waals surface area contributed by atoms with Crippen LogP contribution >= 0.6 is 0 Å². The van der Waals surface area contributed by atoms with Gasteiger partial charge in [0.2, 0.25) is 11.9 Å². The summed E-state index contributed by atoms with van der Waals surface area (Å²) in [6.45, 7) is 7.53. The second-order valence-electron chi connectivity index (χ2n) is 8.84. The van der Waals surface area contributed by atoms with E-state index in [1.165, 1.54) is 24.8 Å². The van der Waals surface area contributed by atoms with Gasteiger partial charge in [-0.05, 0) is 36.2 Å². The number of anilines is 5. The lowest BCUT2D eigenvalue weighted by Crippen LogP contribution is -2.36. The Kier molecular flexibility index (Phi) is 7.88. The highest BCUT2D eigenvalue weighted by Crippen LogP contribution is 2.34. The molecule has 0 bridgehead atoms. The molecule has 1 fully saturated rings. The maximum atomic E-state index is 12.8. The van der Waals surface area contributed by atoms with E-state index < -0.39 is 0 Å². The number of aromatic nitrogens is 2. The van der Waals surface area contributed by atoms with Crippen LogP contribution in [0.5, 0.6) is 5.75 Å². The zero-order valence-electron chi connectivity index (χ0n) is 21.5. The molecule has 0 unspecified atom stereocenters. The van der Waals surface area contributed by atoms with Crippen LogP contribution in [0.15, 0.2) is 48.7 Å². The summed E-state index contributed by atoms with van der Waals surface area (Å²) in [5, 5.41) is 10.5. The first-order valence-electron chi connectivity index (χ1n) is 12.0. The summed E-state index contributed by atoms with van der Waals surface area (Å²) in [6, 6.07) is 12.6. The SMILES string of the molecule is CC(=O)OCc1ccc(C)c(N(C)c2ccnc(N(C(C)=O)c3cc(O)cc(N4CCOCC4)c3)n2)c1. The van der Waals surface area contributed by atoms with E-state index in [0.29, 0.717) is 37.8 Å². The van der Waals surface area contributed by atoms with Crippen LogP contribution in [0.4, 0.5) is 28.8 Å². The van der Waals surface area contributed by atoms with E-state index >= 15 is 0 Å². The summed E-state index contributed by atoms with van der Waals surface area (Å²) < 4.78 is 10.6. The minimum absolute atomic E-state index is 0.0405. The summed E-state index contributed by atoms with van der Waals surface area (Å²) in [6.07, 6.45) is 1.59. The second kappa shape index (κ2) is 11.3. The molecule has 1 amide bonds. The molecule has 37 heavy (non-hydrogen) atoms. The summed E-state index contributed by atoms with van der Waals surface area (Å²) >= 11 is 0. The number of phenols is 1. The average Bonchev–Trinajstić information content (AvgIpc) is 2.88. The van der Waals surface area contributed by atoms with Gasteiger partial charge in [0.1, 0.15) is 18.2 Å². The lowest BCUT2D eigenvalue weighted by molar-refractivity contribution is -0.142. The van der Waals surface area contributed by atoms with Crippen LogP contribution in [-0.2, 0) is 25.7 Å². The highest BCUT2D eigenvalue weighted by molar-refractivity contribution is 5.98. The third-order valence-electron chi connectivity index (χ3n) is 6.09. The number of benzene rings is 2. The van der Waals surface area contributed by atoms with Gasteiger partial charge >= 0.3 is 5.97 Å². The maximum absolute atomic E-state index is 12.8. The number of morpholine rings is 1. The molecule has 3 aromatic rings. The zero-order chi connectivity index (χ0) is 26.5. The minimum Gasteiger partial charge on any atom is -0.508 e. The molecular weight excluding hydrogens is 474 g/mol. The Bertz CT molecular complexity index is 1290. The Balaban J connectivity index is 1.67. The molecular formula is C27H31N5O5. The molecule has 0 aliphatic carbocycles. The summed E-state index contributed by atoms with van der Waals surface area (Å²) in [5.41, 5.74) is 3.97. The third-order valence-corrected chi connectivity index (χ3v) is 6.09. The van der Waals surface area contributed by atoms with Crippen molar-refractivity contribution in [1.29, 1.82) is 0 Å². The van der Waals surface area contributed by atoms with Gasteiger partial charge < -0.3 is 24.4 Å². The van der Waals surface area contributed by atoms with Crippen LogP contribution < -0.4 is 14.7 Å². The van der Waals surface area contributed by atoms with Gasteiger partial charge in [0.15, 0.2) is 0 Å². The van der Waals surface area contributed by atoms with E-state index in [2.05, 4.69) is 14.9 Å². The lowest BCUT2D eigenvalue weighted by Gasteiger charge is -2.30. The van der Waals surface area contributed by atoms with Crippen LogP contribution in [0, 0.1) is 6.92 Å². The normalized spacial score (nSPS) is 13.2. The van der Waals surface area contributed by atoms with Crippen molar-refractivity contribution < 1.29 is 24.2 Å². The molecule has 1 aromatic heterocycles. The second-order valence-corrected chi connectivity index (χ2v) is 8.84. The van der Waals surface area contributed by atoms with Gasteiger partial charge in [-0.3, -0.25) is 9.59 Å². The number of rotatable bonds is 7. The number of carbonyl (C=O) groups is 2. The first kappa shape index (κ1) is 25.9. The summed E-state index contributed by atoms with van der Waals surface area (Å²) in [7, 11) is 1.87. The third kappa shape index (κ3) is 6.15. The molecule has 1 saturated heterocycles. The van der Waals surface area contributed by atoms with Crippen LogP contribution in [0.3, 0.4) is 0 Å². The van der Waals surface area contributed by atoms with Crippen molar-refractivity contribution >= 4 is 40.7 Å². The number of nitrogens with zero attached hydrogens (tertiary/aromatic N) is 5. The van der Waals surface area contributed by atoms with Crippen molar-refractivity contribution in [2.24, 2.45) is 0 Å². The minimum atomic E-state index is -0.344. The van der Waals surface area contributed by atoms with Crippen molar-refractivity contribution in [3.05, 3.63) is 59.8 Å². The number of carbonyl (C=O) groups excluding carboxylic acids is 2. The number of aryl methyl sites for hydroxylation is 1. The van der Waals surface area contributed by atoms with Gasteiger partial charge in [0, 0.05) is 63.7 Å². The van der Waals surface area contributed by atoms with E-state index in [0.717, 1.165) is 22.5 Å². The van der Waals surface area contributed by atoms with Crippen molar-refractivity contribution in [2.75, 3.05) is 48.1 Å². The molecule has 1 N–H and O–H groups in total. The highest BCUT2D eigenvalue weighted by Gasteiger charge is 2.22. The molecule has 10 heteroatoms. The molecule has 1 aliphatic rings. The number of aromatic hydroxyl groups is 1. The van der Waals surface area contributed by atoms with E-state index in [4.69, 9.17) is 9.47 Å². The van der Waals surface area contributed by atoms with Crippen LogP contribution in [0.25, 0.3) is 0 Å². The Morgan fingerprint density at radius 2 is 1.86 bits per heavy atom. The zero-order valence-corrected chi connectivity index (χ0v) is 21.5. The van der Waals surface area contributed by atoms with E-state index in [1.54, 1.807) is 18.3 Å². The Labute approximate surface area is 216 Å². The van der Waals surface area contributed by atoms with Crippen LogP contribution in [0.2, 0.25) is 0 Å². The van der Waals surface area contributed by atoms with Crippen molar-refractivity contribution in [3.8, 4) is 5.75 Å². The van der Waals surface area contributed by atoms with Gasteiger partial charge in [0.05, 0.1) is 18.9 Å². The molecule has 10 nitrogen and oxygen atoms in total. The predicted molar refractivity (Wildman–Crippen MR) is 141 cm³/mol. The molecule has 2 aromatic carbocycles. The van der Waals surface area contributed by atoms with Crippen LogP contribution in [0.1, 0.15) is 25.0 Å². The molecule has 0 spiro atoms. The van der Waals surface area contributed by atoms with E-state index in [1.807, 2.05) is 43.1 Å². The number of ether oxygens (including phenoxy) is 2. The van der Waals surface area contributed by atoms with Crippen molar-refractivity contribution in [3.63, 3.8) is 0 Å². The quantitative estimate of drug-likeness (QED) is 0.479. The predicted octanol–water partition coefficient (Wildman–Crippen LogP) is 3.84. The highest BCUT2D eigenvalue weighted by atomic mass is 16.5. The molecule has 0 atom stereocenters. The fraction of sp³-hybridized carbons (Fsp3) is 0.333. The summed E-state index contributed by atoms with van der Waals surface area (Å²) in [5.74, 6) is 0.155. The molecule has 2 heterocycles. The first-order valence-corrected chi connectivity index (χ1v) is 12.0. The molecule has 194 valence electrons. The van der Waals surface area contributed by atoms with Gasteiger partial charge in [-0.25, -0.2) is 9.88 Å². The summed E-state index contributed by atoms with van der Waals surface area (Å²) in [4.78, 5) is 38.4. The largest absolute Gasteiger partial charge is 0.508 e. The van der Waals surface area contributed by atoms with E-state index in [-0.39, 0.29) is 30.2 Å². The molecule has 1 aliphatic heterocycles. The molecule has 4 rings (SSSR count). The van der Waals surface area contributed by atoms with Crippen molar-refractivity contribution in [2.45, 2.75) is 27.4 Å². The fourth-order valence-corrected chi connectivity index (χ4v) is 4.20. The topological polar surface area (TPSA) is 108 Å². The fourth-order valence-electron chi connectivity index (χ4n) is 4.20. The van der Waals surface area contributed by atoms with E-state index in [9.17, 15) is 14.7 Å². The van der Waals surface area contributed by atoms with Crippen LogP contribution in [-0.4, -0.2) is 60.3 Å². The number of amides is 1. The standard InChI is InChI=1S/C27H31N5O5/c1-18-5-6-21(17-37-20(3)34)13-25(18)30(4)26-7-8-28-27(29-26)32(19(2)33)23-14-22(15-24(35)16-23)31-9-11-36-12-10-31/h5-8,13-16,35H,9-12,17H2,1-4H3. The number of esters is 1. The number of hydrogen-bond acceptors (Lipinski definition) is 9. The Morgan fingerprint density at radius 1 is 1.11 bits per heavy atom. The Morgan fingerprint density at radius 3 is 2.57 bits per heavy atom. The number of phenolic OH excluding ortho intramolecular Hbond substituents is 1. The first-order chi connectivity index (χ1) is 17.7. The van der Waals surface area contributed by atoms with Gasteiger partial charge in [-0.1, -0.05) is 12.1 Å². The smallest absolute Gasteiger partial charge is 0.302 e. The average molecular weight is 506 g/mol. The molecule has 0 radical (unpaired) electrons. The monoisotopic (exact) mass is 505 g/mol. The van der Waals surface area contributed by atoms with Gasteiger partial charge in [0.25, 0.3) is 0 Å². The lowest BCUT2D eigenvalue weighted by atomic mass is 10.1.